The smallest absolute Gasteiger partial charge is 0.370 e. The molecule has 11 heteroatoms. The molecule has 4 rings (SSSR count). The predicted octanol–water partition coefficient (Wildman–Crippen LogP) is 3.66. The zero-order chi connectivity index (χ0) is 19.9. The van der Waals surface area contributed by atoms with Crippen LogP contribution in [0.5, 0.6) is 0 Å². The number of alkyl halides is 5. The number of benzene rings is 1. The molecule has 1 unspecified atom stereocenters. The van der Waals surface area contributed by atoms with Gasteiger partial charge in [0.05, 0.1) is 12.2 Å². The molecule has 6 nitrogen and oxygen atoms in total. The number of halogens is 5. The molecule has 1 aromatic carbocycles. The summed E-state index contributed by atoms with van der Waals surface area (Å²) in [6.45, 7) is 1.09. The Hall–Kier alpha value is -2.82. The van der Waals surface area contributed by atoms with Crippen LogP contribution >= 0.6 is 0 Å². The molecule has 28 heavy (non-hydrogen) atoms. The summed E-state index contributed by atoms with van der Waals surface area (Å²) >= 11 is 0. The quantitative estimate of drug-likeness (QED) is 0.630. The van der Waals surface area contributed by atoms with E-state index in [0.717, 1.165) is 16.6 Å². The van der Waals surface area contributed by atoms with Crippen LogP contribution in [0, 0.1) is 0 Å². The van der Waals surface area contributed by atoms with E-state index in [1.807, 2.05) is 4.90 Å². The molecule has 1 aliphatic heterocycles. The Morgan fingerprint density at radius 1 is 1.04 bits per heavy atom. The number of hydrogen-bond donors (Lipinski definition) is 0. The van der Waals surface area contributed by atoms with Crippen molar-refractivity contribution in [1.82, 2.24) is 19.8 Å². The number of anilines is 1. The summed E-state index contributed by atoms with van der Waals surface area (Å²) < 4.78 is 70.9. The van der Waals surface area contributed by atoms with Crippen molar-refractivity contribution in [3.05, 3.63) is 53.3 Å². The average molecular weight is 399 g/mol. The van der Waals surface area contributed by atoms with Gasteiger partial charge in [-0.15, -0.1) is 15.3 Å². The van der Waals surface area contributed by atoms with Crippen LogP contribution in [-0.4, -0.2) is 39.5 Å². The highest BCUT2D eigenvalue weighted by atomic mass is 19.4. The molecule has 0 amide bonds. The number of nitrogens with zero attached hydrogens (tertiary/aromatic N) is 5. The lowest BCUT2D eigenvalue weighted by Gasteiger charge is -2.34. The second-order valence-corrected chi connectivity index (χ2v) is 6.25. The van der Waals surface area contributed by atoms with Crippen molar-refractivity contribution >= 4 is 11.5 Å². The van der Waals surface area contributed by atoms with E-state index in [1.165, 1.54) is 18.2 Å². The van der Waals surface area contributed by atoms with Crippen LogP contribution in [-0.2, 0) is 10.9 Å². The highest BCUT2D eigenvalue weighted by Crippen LogP contribution is 2.31. The topological polar surface area (TPSA) is 55.5 Å². The van der Waals surface area contributed by atoms with E-state index in [4.69, 9.17) is 4.74 Å². The van der Waals surface area contributed by atoms with Crippen molar-refractivity contribution in [2.24, 2.45) is 0 Å². The van der Waals surface area contributed by atoms with Gasteiger partial charge in [0, 0.05) is 13.1 Å². The van der Waals surface area contributed by atoms with Crippen LogP contribution in [0.1, 0.15) is 29.5 Å². The number of ether oxygens (including phenoxy) is 1. The molecule has 0 spiro atoms. The van der Waals surface area contributed by atoms with E-state index in [0.29, 0.717) is 31.1 Å². The van der Waals surface area contributed by atoms with Crippen LogP contribution in [0.25, 0.3) is 5.65 Å². The van der Waals surface area contributed by atoms with E-state index in [2.05, 4.69) is 15.3 Å². The van der Waals surface area contributed by atoms with Gasteiger partial charge in [-0.3, -0.25) is 0 Å². The summed E-state index contributed by atoms with van der Waals surface area (Å²) in [6, 6.07) is 7.94. The number of aromatic nitrogens is 4. The van der Waals surface area contributed by atoms with Crippen molar-refractivity contribution in [1.29, 1.82) is 0 Å². The third kappa shape index (κ3) is 3.49. The van der Waals surface area contributed by atoms with E-state index in [-0.39, 0.29) is 5.65 Å². The molecule has 0 aliphatic carbocycles. The fourth-order valence-corrected chi connectivity index (χ4v) is 3.05. The van der Waals surface area contributed by atoms with E-state index in [1.54, 1.807) is 6.07 Å². The Balaban J connectivity index is 1.57. The van der Waals surface area contributed by atoms with Crippen molar-refractivity contribution in [2.45, 2.75) is 18.7 Å². The Kier molecular flexibility index (Phi) is 4.61. The lowest BCUT2D eigenvalue weighted by Crippen LogP contribution is -2.39. The maximum absolute atomic E-state index is 13.0. The van der Waals surface area contributed by atoms with Crippen LogP contribution in [0.4, 0.5) is 27.8 Å². The lowest BCUT2D eigenvalue weighted by molar-refractivity contribution is -0.137. The molecule has 3 heterocycles. The van der Waals surface area contributed by atoms with Gasteiger partial charge in [0.1, 0.15) is 11.9 Å². The Labute approximate surface area is 155 Å². The summed E-state index contributed by atoms with van der Waals surface area (Å²) in [5, 5.41) is 11.3. The minimum absolute atomic E-state index is 0.201. The Morgan fingerprint density at radius 3 is 2.46 bits per heavy atom. The number of hydrogen-bond acceptors (Lipinski definition) is 5. The van der Waals surface area contributed by atoms with Crippen LogP contribution in [0.15, 0.2) is 36.4 Å². The molecule has 1 aliphatic rings. The van der Waals surface area contributed by atoms with Gasteiger partial charge in [0.15, 0.2) is 5.65 Å². The van der Waals surface area contributed by atoms with E-state index >= 15 is 0 Å². The summed E-state index contributed by atoms with van der Waals surface area (Å²) in [4.78, 5) is 1.82. The van der Waals surface area contributed by atoms with Crippen LogP contribution in [0.3, 0.4) is 0 Å². The summed E-state index contributed by atoms with van der Waals surface area (Å²) in [5.74, 6) is -0.126. The minimum atomic E-state index is -4.40. The lowest BCUT2D eigenvalue weighted by atomic mass is 10.1. The first-order chi connectivity index (χ1) is 13.3. The number of morpholine rings is 1. The Morgan fingerprint density at radius 2 is 1.79 bits per heavy atom. The van der Waals surface area contributed by atoms with Gasteiger partial charge in [-0.1, -0.05) is 12.1 Å². The molecule has 0 N–H and O–H groups in total. The third-order valence-corrected chi connectivity index (χ3v) is 4.47. The Bertz CT molecular complexity index is 972. The first-order valence-electron chi connectivity index (χ1n) is 8.37. The zero-order valence-electron chi connectivity index (χ0n) is 14.3. The zero-order valence-corrected chi connectivity index (χ0v) is 14.3. The molecule has 2 aromatic heterocycles. The van der Waals surface area contributed by atoms with Gasteiger partial charge in [-0.2, -0.15) is 17.7 Å². The average Bonchev–Trinajstić information content (AvgIpc) is 3.11. The monoisotopic (exact) mass is 399 g/mol. The van der Waals surface area contributed by atoms with Gasteiger partial charge in [0.25, 0.3) is 6.43 Å². The van der Waals surface area contributed by atoms with E-state index in [9.17, 15) is 22.0 Å². The summed E-state index contributed by atoms with van der Waals surface area (Å²) in [5.41, 5.74) is 0.0612. The fourth-order valence-electron chi connectivity index (χ4n) is 3.05. The summed E-state index contributed by atoms with van der Waals surface area (Å²) in [7, 11) is 0. The molecule has 0 radical (unpaired) electrons. The molecular formula is C17H14F5N5O. The highest BCUT2D eigenvalue weighted by molar-refractivity contribution is 5.46. The highest BCUT2D eigenvalue weighted by Gasteiger charge is 2.31. The normalized spacial score (nSPS) is 18.2. The SMILES string of the molecule is FC(F)c1nnc2ccc(N3CCOC(c4ccc(C(F)(F)F)cc4)C3)nn12. The van der Waals surface area contributed by atoms with Crippen LogP contribution < -0.4 is 4.90 Å². The number of fused-ring (bicyclic) bond motifs is 1. The maximum Gasteiger partial charge on any atom is 0.416 e. The second-order valence-electron chi connectivity index (χ2n) is 6.25. The van der Waals surface area contributed by atoms with Crippen molar-refractivity contribution in [3.8, 4) is 0 Å². The molecule has 3 aromatic rings. The predicted molar refractivity (Wildman–Crippen MR) is 88.1 cm³/mol. The van der Waals surface area contributed by atoms with Gasteiger partial charge in [-0.25, -0.2) is 8.78 Å². The summed E-state index contributed by atoms with van der Waals surface area (Å²) in [6.07, 6.45) is -7.69. The van der Waals surface area contributed by atoms with Gasteiger partial charge >= 0.3 is 6.18 Å². The fraction of sp³-hybridized carbons (Fsp3) is 0.353. The first-order valence-corrected chi connectivity index (χ1v) is 8.37. The number of rotatable bonds is 3. The minimum Gasteiger partial charge on any atom is -0.370 e. The molecule has 148 valence electrons. The largest absolute Gasteiger partial charge is 0.416 e. The molecular weight excluding hydrogens is 385 g/mol. The molecule has 1 saturated heterocycles. The van der Waals surface area contributed by atoms with Crippen molar-refractivity contribution < 1.29 is 26.7 Å². The van der Waals surface area contributed by atoms with Gasteiger partial charge < -0.3 is 9.64 Å². The van der Waals surface area contributed by atoms with Crippen LogP contribution in [0.2, 0.25) is 0 Å². The van der Waals surface area contributed by atoms with Crippen molar-refractivity contribution in [3.63, 3.8) is 0 Å². The molecule has 0 saturated carbocycles. The first kappa shape index (κ1) is 18.5. The third-order valence-electron chi connectivity index (χ3n) is 4.47. The molecule has 1 atom stereocenters. The molecule has 0 bridgehead atoms. The molecule has 1 fully saturated rings. The van der Waals surface area contributed by atoms with Gasteiger partial charge in [-0.05, 0) is 29.8 Å². The van der Waals surface area contributed by atoms with E-state index < -0.39 is 30.1 Å². The van der Waals surface area contributed by atoms with Gasteiger partial charge in [0.2, 0.25) is 5.82 Å². The standard InChI is InChI=1S/C17H14F5N5O/c18-15(19)16-24-23-13-5-6-14(25-27(13)16)26-7-8-28-12(9-26)10-1-3-11(4-2-10)17(20,21)22/h1-6,12,15H,7-9H2. The van der Waals surface area contributed by atoms with Crippen molar-refractivity contribution in [2.75, 3.05) is 24.6 Å². The maximum atomic E-state index is 13.0. The second kappa shape index (κ2) is 6.97.